The van der Waals surface area contributed by atoms with Gasteiger partial charge in [-0.1, -0.05) is 11.6 Å². The quantitative estimate of drug-likeness (QED) is 0.881. The van der Waals surface area contributed by atoms with E-state index in [1.54, 1.807) is 0 Å². The summed E-state index contributed by atoms with van der Waals surface area (Å²) >= 11 is 5.78. The molecule has 1 aliphatic heterocycles. The first-order chi connectivity index (χ1) is 8.49. The van der Waals surface area contributed by atoms with Gasteiger partial charge in [0.05, 0.1) is 5.02 Å². The van der Waals surface area contributed by atoms with Crippen LogP contribution in [0.25, 0.3) is 0 Å². The van der Waals surface area contributed by atoms with Gasteiger partial charge in [-0.15, -0.1) is 0 Å². The molecule has 0 spiro atoms. The van der Waals surface area contributed by atoms with Crippen molar-refractivity contribution >= 4 is 21.6 Å². The highest BCUT2D eigenvalue weighted by atomic mass is 35.5. The molecule has 0 aromatic heterocycles. The predicted octanol–water partition coefficient (Wildman–Crippen LogP) is 1.37. The lowest BCUT2D eigenvalue weighted by atomic mass is 10.1. The van der Waals surface area contributed by atoms with Crippen LogP contribution in [-0.4, -0.2) is 28.1 Å². The molecule has 2 rings (SSSR count). The van der Waals surface area contributed by atoms with Crippen molar-refractivity contribution in [2.75, 3.05) is 19.6 Å². The fourth-order valence-electron chi connectivity index (χ4n) is 1.88. The van der Waals surface area contributed by atoms with Crippen molar-refractivity contribution in [1.29, 1.82) is 0 Å². The van der Waals surface area contributed by atoms with E-state index in [0.29, 0.717) is 6.54 Å². The zero-order chi connectivity index (χ0) is 13.2. The van der Waals surface area contributed by atoms with Gasteiger partial charge in [-0.3, -0.25) is 0 Å². The fourth-order valence-corrected chi connectivity index (χ4v) is 3.50. The van der Waals surface area contributed by atoms with Crippen molar-refractivity contribution in [2.45, 2.75) is 11.3 Å². The van der Waals surface area contributed by atoms with Gasteiger partial charge in [0.15, 0.2) is 0 Å². The Labute approximate surface area is 111 Å². The van der Waals surface area contributed by atoms with E-state index in [1.807, 2.05) is 0 Å². The maximum Gasteiger partial charge on any atom is 0.242 e. The minimum Gasteiger partial charge on any atom is -0.316 e. The summed E-state index contributed by atoms with van der Waals surface area (Å²) in [6.07, 6.45) is 0.930. The summed E-state index contributed by atoms with van der Waals surface area (Å²) in [5, 5.41) is 3.17. The molecule has 1 saturated heterocycles. The maximum absolute atomic E-state index is 13.1. The van der Waals surface area contributed by atoms with Gasteiger partial charge in [-0.25, -0.2) is 17.5 Å². The summed E-state index contributed by atoms with van der Waals surface area (Å²) in [5.41, 5.74) is 0. The summed E-state index contributed by atoms with van der Waals surface area (Å²) in [6.45, 7) is 2.02. The molecular weight excluding hydrogens is 279 g/mol. The van der Waals surface area contributed by atoms with E-state index in [9.17, 15) is 12.8 Å². The molecule has 4 nitrogen and oxygen atoms in total. The molecule has 2 N–H and O–H groups in total. The number of hydrogen-bond donors (Lipinski definition) is 2. The van der Waals surface area contributed by atoms with E-state index in [4.69, 9.17) is 11.6 Å². The van der Waals surface area contributed by atoms with Crippen LogP contribution in [0.15, 0.2) is 23.1 Å². The van der Waals surface area contributed by atoms with Crippen LogP contribution in [0, 0.1) is 11.7 Å². The van der Waals surface area contributed by atoms with E-state index in [1.165, 1.54) is 6.07 Å². The van der Waals surface area contributed by atoms with Crippen molar-refractivity contribution in [3.8, 4) is 0 Å². The van der Waals surface area contributed by atoms with Crippen molar-refractivity contribution in [3.05, 3.63) is 29.0 Å². The molecule has 1 fully saturated rings. The first-order valence-electron chi connectivity index (χ1n) is 5.64. The Morgan fingerprint density at radius 1 is 1.50 bits per heavy atom. The lowest BCUT2D eigenvalue weighted by Crippen LogP contribution is -2.30. The molecule has 1 aliphatic rings. The van der Waals surface area contributed by atoms with Crippen molar-refractivity contribution in [1.82, 2.24) is 10.0 Å². The number of benzene rings is 1. The van der Waals surface area contributed by atoms with Crippen LogP contribution in [0.5, 0.6) is 0 Å². The first kappa shape index (κ1) is 13.7. The van der Waals surface area contributed by atoms with E-state index < -0.39 is 15.8 Å². The highest BCUT2D eigenvalue weighted by Crippen LogP contribution is 2.22. The average molecular weight is 293 g/mol. The van der Waals surface area contributed by atoms with Crippen LogP contribution in [0.2, 0.25) is 5.02 Å². The van der Waals surface area contributed by atoms with Crippen LogP contribution in [-0.2, 0) is 10.0 Å². The van der Waals surface area contributed by atoms with E-state index in [2.05, 4.69) is 10.0 Å². The minimum absolute atomic E-state index is 0.0217. The third-order valence-corrected chi connectivity index (χ3v) is 4.81. The normalized spacial score (nSPS) is 20.2. The van der Waals surface area contributed by atoms with Crippen LogP contribution in [0.1, 0.15) is 6.42 Å². The standard InChI is InChI=1S/C11H14ClFN2O2S/c12-10-2-1-9(13)5-11(10)18(16,17)15-7-8-3-4-14-6-8/h1-2,5,8,14-15H,3-4,6-7H2. The lowest BCUT2D eigenvalue weighted by Gasteiger charge is -2.11. The van der Waals surface area contributed by atoms with Gasteiger partial charge < -0.3 is 5.32 Å². The zero-order valence-electron chi connectivity index (χ0n) is 9.62. The second-order valence-electron chi connectivity index (χ2n) is 4.29. The molecule has 1 heterocycles. The van der Waals surface area contributed by atoms with Crippen LogP contribution < -0.4 is 10.0 Å². The van der Waals surface area contributed by atoms with Crippen LogP contribution in [0.4, 0.5) is 4.39 Å². The van der Waals surface area contributed by atoms with E-state index in [-0.39, 0.29) is 15.8 Å². The molecule has 0 radical (unpaired) electrons. The van der Waals surface area contributed by atoms with Crippen LogP contribution >= 0.6 is 11.6 Å². The molecule has 1 atom stereocenters. The lowest BCUT2D eigenvalue weighted by molar-refractivity contribution is 0.537. The SMILES string of the molecule is O=S(=O)(NCC1CCNC1)c1cc(F)ccc1Cl. The molecular formula is C11H14ClFN2O2S. The molecule has 0 bridgehead atoms. The molecule has 0 saturated carbocycles. The summed E-state index contributed by atoms with van der Waals surface area (Å²) in [6, 6.07) is 3.29. The molecule has 100 valence electrons. The van der Waals surface area contributed by atoms with Gasteiger partial charge in [0, 0.05) is 6.54 Å². The molecule has 1 aromatic carbocycles. The molecule has 1 unspecified atom stereocenters. The number of hydrogen-bond acceptors (Lipinski definition) is 3. The first-order valence-corrected chi connectivity index (χ1v) is 7.50. The fraction of sp³-hybridized carbons (Fsp3) is 0.455. The smallest absolute Gasteiger partial charge is 0.242 e. The highest BCUT2D eigenvalue weighted by Gasteiger charge is 2.21. The van der Waals surface area contributed by atoms with Gasteiger partial charge >= 0.3 is 0 Å². The predicted molar refractivity (Wildman–Crippen MR) is 67.6 cm³/mol. The number of nitrogens with one attached hydrogen (secondary N) is 2. The largest absolute Gasteiger partial charge is 0.316 e. The summed E-state index contributed by atoms with van der Waals surface area (Å²) in [4.78, 5) is -0.213. The van der Waals surface area contributed by atoms with Crippen molar-refractivity contribution in [2.24, 2.45) is 5.92 Å². The number of halogens is 2. The Kier molecular flexibility index (Phi) is 4.21. The van der Waals surface area contributed by atoms with Crippen LogP contribution in [0.3, 0.4) is 0 Å². The van der Waals surface area contributed by atoms with Gasteiger partial charge in [-0.05, 0) is 43.6 Å². The monoisotopic (exact) mass is 292 g/mol. The summed E-state index contributed by atoms with van der Waals surface area (Å²) in [7, 11) is -3.75. The topological polar surface area (TPSA) is 58.2 Å². The third-order valence-electron chi connectivity index (χ3n) is 2.91. The Morgan fingerprint density at radius 2 is 2.28 bits per heavy atom. The number of rotatable bonds is 4. The second-order valence-corrected chi connectivity index (χ2v) is 6.43. The maximum atomic E-state index is 13.1. The molecule has 1 aromatic rings. The summed E-state index contributed by atoms with van der Waals surface area (Å²) < 4.78 is 39.5. The molecule has 0 aliphatic carbocycles. The Hall–Kier alpha value is -0.690. The van der Waals surface area contributed by atoms with Gasteiger partial charge in [-0.2, -0.15) is 0 Å². The van der Waals surface area contributed by atoms with Gasteiger partial charge in [0.25, 0.3) is 0 Å². The van der Waals surface area contributed by atoms with Gasteiger partial charge in [0.2, 0.25) is 10.0 Å². The van der Waals surface area contributed by atoms with Crippen molar-refractivity contribution < 1.29 is 12.8 Å². The van der Waals surface area contributed by atoms with E-state index in [0.717, 1.165) is 31.6 Å². The molecule has 18 heavy (non-hydrogen) atoms. The second kappa shape index (κ2) is 5.52. The average Bonchev–Trinajstić information content (AvgIpc) is 2.83. The highest BCUT2D eigenvalue weighted by molar-refractivity contribution is 7.89. The Balaban J connectivity index is 2.12. The number of sulfonamides is 1. The zero-order valence-corrected chi connectivity index (χ0v) is 11.2. The van der Waals surface area contributed by atoms with E-state index >= 15 is 0 Å². The Morgan fingerprint density at radius 3 is 2.94 bits per heavy atom. The van der Waals surface area contributed by atoms with Gasteiger partial charge in [0.1, 0.15) is 10.7 Å². The van der Waals surface area contributed by atoms with Crippen molar-refractivity contribution in [3.63, 3.8) is 0 Å². The molecule has 7 heteroatoms. The Bertz CT molecular complexity index is 530. The minimum atomic E-state index is -3.75. The third kappa shape index (κ3) is 3.20. The summed E-state index contributed by atoms with van der Waals surface area (Å²) in [5.74, 6) is -0.352. The molecule has 0 amide bonds.